The first-order chi connectivity index (χ1) is 12.8. The summed E-state index contributed by atoms with van der Waals surface area (Å²) in [6.45, 7) is 4.21. The van der Waals surface area contributed by atoms with Crippen molar-refractivity contribution in [1.29, 1.82) is 0 Å². The second kappa shape index (κ2) is 7.15. The van der Waals surface area contributed by atoms with Gasteiger partial charge >= 0.3 is 11.9 Å². The highest BCUT2D eigenvalue weighted by Gasteiger charge is 2.38. The summed E-state index contributed by atoms with van der Waals surface area (Å²) >= 11 is 0. The summed E-state index contributed by atoms with van der Waals surface area (Å²) in [7, 11) is 0. The molecule has 1 aliphatic carbocycles. The number of ether oxygens (including phenoxy) is 2. The van der Waals surface area contributed by atoms with Crippen molar-refractivity contribution in [2.75, 3.05) is 0 Å². The van der Waals surface area contributed by atoms with Gasteiger partial charge in [0.25, 0.3) is 0 Å². The first-order valence-corrected chi connectivity index (χ1v) is 8.55. The van der Waals surface area contributed by atoms with E-state index in [0.717, 1.165) is 0 Å². The van der Waals surface area contributed by atoms with Gasteiger partial charge in [0.05, 0.1) is 17.0 Å². The molecule has 2 aromatic carbocycles. The Morgan fingerprint density at radius 3 is 1.67 bits per heavy atom. The van der Waals surface area contributed by atoms with Crippen molar-refractivity contribution in [3.8, 4) is 11.5 Å². The van der Waals surface area contributed by atoms with Crippen molar-refractivity contribution >= 4 is 23.5 Å². The van der Waals surface area contributed by atoms with E-state index in [1.165, 1.54) is 26.0 Å². The fourth-order valence-electron chi connectivity index (χ4n) is 3.39. The third-order valence-electron chi connectivity index (χ3n) is 4.37. The van der Waals surface area contributed by atoms with E-state index in [1.54, 1.807) is 31.2 Å². The molecule has 0 heterocycles. The number of hydrogen-bond acceptors (Lipinski definition) is 6. The summed E-state index contributed by atoms with van der Waals surface area (Å²) < 4.78 is 10.4. The topological polar surface area (TPSA) is 86.7 Å². The molecular formula is C21H18O6. The van der Waals surface area contributed by atoms with Crippen LogP contribution in [0.5, 0.6) is 11.5 Å². The normalized spacial score (nSPS) is 12.8. The zero-order valence-corrected chi connectivity index (χ0v) is 15.2. The maximum atomic E-state index is 13.3. The monoisotopic (exact) mass is 366 g/mol. The van der Waals surface area contributed by atoms with Crippen LogP contribution in [0, 0.1) is 0 Å². The Balaban J connectivity index is 2.31. The van der Waals surface area contributed by atoms with Crippen molar-refractivity contribution < 1.29 is 28.7 Å². The van der Waals surface area contributed by atoms with Gasteiger partial charge in [0, 0.05) is 20.3 Å². The molecule has 0 bridgehead atoms. The molecule has 0 aromatic heterocycles. The molecular weight excluding hydrogens is 348 g/mol. The molecule has 0 saturated carbocycles. The first-order valence-electron chi connectivity index (χ1n) is 8.55. The second-order valence-electron chi connectivity index (χ2n) is 6.21. The highest BCUT2D eigenvalue weighted by molar-refractivity contribution is 6.18. The Kier molecular flexibility index (Phi) is 4.90. The summed E-state index contributed by atoms with van der Waals surface area (Å²) in [5, 5.41) is 0. The summed E-state index contributed by atoms with van der Waals surface area (Å²) in [6, 6.07) is 9.65. The van der Waals surface area contributed by atoms with Crippen molar-refractivity contribution in [3.05, 3.63) is 58.7 Å². The van der Waals surface area contributed by atoms with Crippen LogP contribution in [-0.2, 0) is 14.4 Å². The molecule has 6 nitrogen and oxygen atoms in total. The Hall–Kier alpha value is -3.28. The molecule has 0 saturated heterocycles. The number of benzene rings is 2. The summed E-state index contributed by atoms with van der Waals surface area (Å²) in [5.41, 5.74) is 1.26. The van der Waals surface area contributed by atoms with Crippen molar-refractivity contribution in [2.45, 2.75) is 33.1 Å². The van der Waals surface area contributed by atoms with Gasteiger partial charge in [-0.05, 0) is 23.3 Å². The molecule has 0 aliphatic heterocycles. The van der Waals surface area contributed by atoms with Crippen LogP contribution in [0.4, 0.5) is 0 Å². The predicted octanol–water partition coefficient (Wildman–Crippen LogP) is 3.19. The zero-order chi connectivity index (χ0) is 19.7. The molecule has 0 N–H and O–H groups in total. The number of hydrogen-bond donors (Lipinski definition) is 0. The minimum Gasteiger partial charge on any atom is -0.426 e. The van der Waals surface area contributed by atoms with Crippen molar-refractivity contribution in [1.82, 2.24) is 0 Å². The molecule has 3 rings (SSSR count). The molecule has 0 radical (unpaired) electrons. The lowest BCUT2D eigenvalue weighted by Crippen LogP contribution is -2.26. The number of carbonyl (C=O) groups is 4. The van der Waals surface area contributed by atoms with Crippen LogP contribution >= 0.6 is 0 Å². The molecule has 1 aliphatic rings. The zero-order valence-electron chi connectivity index (χ0n) is 15.2. The molecule has 27 heavy (non-hydrogen) atoms. The fraction of sp³-hybridized carbons (Fsp3) is 0.238. The third kappa shape index (κ3) is 3.26. The van der Waals surface area contributed by atoms with E-state index in [1.807, 2.05) is 0 Å². The van der Waals surface area contributed by atoms with Crippen LogP contribution in [0.1, 0.15) is 60.2 Å². The average molecular weight is 366 g/mol. The maximum absolute atomic E-state index is 13.3. The third-order valence-corrected chi connectivity index (χ3v) is 4.37. The standard InChI is InChI=1S/C21H18O6/c1-4-15(24)18-13-7-5-9-16(26-11(2)22)19(13)21(25)20-14(18)8-6-10-17(20)27-12(3)23/h5-10,18H,4H2,1-3H3. The lowest BCUT2D eigenvalue weighted by Gasteiger charge is -2.28. The van der Waals surface area contributed by atoms with Gasteiger partial charge in [-0.25, -0.2) is 0 Å². The number of ketones is 2. The summed E-state index contributed by atoms with van der Waals surface area (Å²) in [4.78, 5) is 48.9. The van der Waals surface area contributed by atoms with Crippen LogP contribution < -0.4 is 9.47 Å². The van der Waals surface area contributed by atoms with E-state index in [0.29, 0.717) is 11.1 Å². The summed E-state index contributed by atoms with van der Waals surface area (Å²) in [5.74, 6) is -2.23. The highest BCUT2D eigenvalue weighted by atomic mass is 16.5. The van der Waals surface area contributed by atoms with Crippen molar-refractivity contribution in [3.63, 3.8) is 0 Å². The lowest BCUT2D eigenvalue weighted by atomic mass is 9.74. The first kappa shape index (κ1) is 18.5. The highest BCUT2D eigenvalue weighted by Crippen LogP contribution is 2.44. The Morgan fingerprint density at radius 1 is 0.852 bits per heavy atom. The average Bonchev–Trinajstić information content (AvgIpc) is 2.60. The molecule has 6 heteroatoms. The smallest absolute Gasteiger partial charge is 0.308 e. The van der Waals surface area contributed by atoms with Gasteiger partial charge in [0.15, 0.2) is 0 Å². The van der Waals surface area contributed by atoms with Gasteiger partial charge in [0.2, 0.25) is 5.78 Å². The Morgan fingerprint density at radius 2 is 1.30 bits per heavy atom. The Bertz CT molecular complexity index is 903. The maximum Gasteiger partial charge on any atom is 0.308 e. The van der Waals surface area contributed by atoms with Gasteiger partial charge in [-0.2, -0.15) is 0 Å². The number of fused-ring (bicyclic) bond motifs is 2. The predicted molar refractivity (Wildman–Crippen MR) is 96.1 cm³/mol. The molecule has 138 valence electrons. The summed E-state index contributed by atoms with van der Waals surface area (Å²) in [6.07, 6.45) is 0.257. The number of Topliss-reactive ketones (excluding diaryl/α,β-unsaturated/α-hetero) is 1. The van der Waals surface area contributed by atoms with Crippen LogP contribution in [0.25, 0.3) is 0 Å². The fourth-order valence-corrected chi connectivity index (χ4v) is 3.39. The van der Waals surface area contributed by atoms with E-state index in [-0.39, 0.29) is 34.8 Å². The van der Waals surface area contributed by atoms with E-state index in [9.17, 15) is 19.2 Å². The van der Waals surface area contributed by atoms with E-state index < -0.39 is 23.6 Å². The van der Waals surface area contributed by atoms with Crippen LogP contribution in [0.15, 0.2) is 36.4 Å². The van der Waals surface area contributed by atoms with E-state index >= 15 is 0 Å². The second-order valence-corrected chi connectivity index (χ2v) is 6.21. The van der Waals surface area contributed by atoms with E-state index in [4.69, 9.17) is 9.47 Å². The van der Waals surface area contributed by atoms with Crippen LogP contribution in [-0.4, -0.2) is 23.5 Å². The number of carbonyl (C=O) groups excluding carboxylic acids is 4. The van der Waals surface area contributed by atoms with Crippen LogP contribution in [0.3, 0.4) is 0 Å². The molecule has 2 aromatic rings. The molecule has 0 unspecified atom stereocenters. The number of esters is 2. The van der Waals surface area contributed by atoms with Crippen LogP contribution in [0.2, 0.25) is 0 Å². The van der Waals surface area contributed by atoms with E-state index in [2.05, 4.69) is 0 Å². The number of rotatable bonds is 4. The Labute approximate surface area is 156 Å². The minimum atomic E-state index is -0.705. The molecule has 0 amide bonds. The van der Waals surface area contributed by atoms with Gasteiger partial charge in [-0.1, -0.05) is 31.2 Å². The minimum absolute atomic E-state index is 0.0854. The molecule has 0 spiro atoms. The van der Waals surface area contributed by atoms with Gasteiger partial charge in [-0.3, -0.25) is 19.2 Å². The lowest BCUT2D eigenvalue weighted by molar-refractivity contribution is -0.132. The van der Waals surface area contributed by atoms with Gasteiger partial charge in [0.1, 0.15) is 17.3 Å². The van der Waals surface area contributed by atoms with Gasteiger partial charge < -0.3 is 9.47 Å². The quantitative estimate of drug-likeness (QED) is 0.610. The molecule has 0 fully saturated rings. The van der Waals surface area contributed by atoms with Crippen molar-refractivity contribution in [2.24, 2.45) is 0 Å². The molecule has 0 atom stereocenters. The SMILES string of the molecule is CCC(=O)C1c2cccc(OC(C)=O)c2C(=O)c2c(OC(C)=O)cccc21. The van der Waals surface area contributed by atoms with Gasteiger partial charge in [-0.15, -0.1) is 0 Å². The largest absolute Gasteiger partial charge is 0.426 e.